The van der Waals surface area contributed by atoms with Crippen molar-refractivity contribution in [3.63, 3.8) is 0 Å². The zero-order chi connectivity index (χ0) is 20.5. The number of aliphatic hydroxyl groups is 1. The fraction of sp³-hybridized carbons (Fsp3) is 0.250. The minimum atomic E-state index is -0.852. The maximum absolute atomic E-state index is 12.3. The average Bonchev–Trinajstić information content (AvgIpc) is 3.17. The number of hydrogen-bond donors (Lipinski definition) is 4. The van der Waals surface area contributed by atoms with Gasteiger partial charge in [0.2, 0.25) is 0 Å². The molecule has 4 N–H and O–H groups in total. The minimum absolute atomic E-state index is 0.143. The molecule has 8 nitrogen and oxygen atoms in total. The molecule has 0 spiro atoms. The van der Waals surface area contributed by atoms with E-state index in [0.717, 1.165) is 0 Å². The molecule has 8 heteroatoms. The number of amides is 2. The van der Waals surface area contributed by atoms with Gasteiger partial charge in [-0.05, 0) is 42.3 Å². The summed E-state index contributed by atoms with van der Waals surface area (Å²) in [6.07, 6.45) is 8.44. The van der Waals surface area contributed by atoms with Crippen molar-refractivity contribution in [1.82, 2.24) is 15.8 Å². The van der Waals surface area contributed by atoms with Crippen LogP contribution < -0.4 is 10.8 Å². The van der Waals surface area contributed by atoms with E-state index in [-0.39, 0.29) is 12.5 Å². The van der Waals surface area contributed by atoms with E-state index in [0.29, 0.717) is 22.8 Å². The molecule has 2 amide bonds. The van der Waals surface area contributed by atoms with Gasteiger partial charge in [-0.25, -0.2) is 5.48 Å². The number of pyridine rings is 1. The number of furan rings is 1. The summed E-state index contributed by atoms with van der Waals surface area (Å²) >= 11 is 0. The second-order valence-corrected chi connectivity index (χ2v) is 6.32. The lowest BCUT2D eigenvalue weighted by molar-refractivity contribution is -0.132. The maximum Gasteiger partial charge on any atom is 0.266 e. The lowest BCUT2D eigenvalue weighted by atomic mass is 10.0. The number of nitrogens with zero attached hydrogens (tertiary/aromatic N) is 1. The number of rotatable bonds is 8. The summed E-state index contributed by atoms with van der Waals surface area (Å²) in [5, 5.41) is 20.3. The Morgan fingerprint density at radius 2 is 1.93 bits per heavy atom. The molecule has 2 heterocycles. The highest BCUT2D eigenvalue weighted by molar-refractivity contribution is 5.97. The van der Waals surface area contributed by atoms with Gasteiger partial charge in [0.05, 0.1) is 11.3 Å². The average molecular weight is 385 g/mol. The van der Waals surface area contributed by atoms with E-state index in [9.17, 15) is 9.59 Å². The summed E-state index contributed by atoms with van der Waals surface area (Å²) in [7, 11) is 0. The first-order valence-corrected chi connectivity index (χ1v) is 8.69. The van der Waals surface area contributed by atoms with Gasteiger partial charge in [0.1, 0.15) is 24.2 Å². The SMILES string of the molecule is CC(C)C(NC(=O)c1ccc(/C=C/C=C/c2ccc(CO)o2)nc1)C(=O)NO. The van der Waals surface area contributed by atoms with Gasteiger partial charge in [-0.2, -0.15) is 0 Å². The fourth-order valence-electron chi connectivity index (χ4n) is 2.34. The largest absolute Gasteiger partial charge is 0.459 e. The van der Waals surface area contributed by atoms with Gasteiger partial charge in [-0.1, -0.05) is 26.0 Å². The zero-order valence-corrected chi connectivity index (χ0v) is 15.6. The van der Waals surface area contributed by atoms with Crippen molar-refractivity contribution in [2.75, 3.05) is 0 Å². The molecule has 0 radical (unpaired) electrons. The maximum atomic E-state index is 12.3. The van der Waals surface area contributed by atoms with Crippen molar-refractivity contribution < 1.29 is 24.3 Å². The molecule has 2 rings (SSSR count). The molecule has 0 bridgehead atoms. The smallest absolute Gasteiger partial charge is 0.266 e. The molecule has 148 valence electrons. The molecular formula is C20H23N3O5. The van der Waals surface area contributed by atoms with Crippen LogP contribution in [0.3, 0.4) is 0 Å². The molecule has 0 fully saturated rings. The van der Waals surface area contributed by atoms with Crippen LogP contribution in [0.1, 0.15) is 41.4 Å². The Morgan fingerprint density at radius 3 is 2.50 bits per heavy atom. The molecule has 1 atom stereocenters. The molecular weight excluding hydrogens is 362 g/mol. The van der Waals surface area contributed by atoms with Gasteiger partial charge >= 0.3 is 0 Å². The number of nitrogens with one attached hydrogen (secondary N) is 2. The van der Waals surface area contributed by atoms with Crippen molar-refractivity contribution in [1.29, 1.82) is 0 Å². The number of carbonyl (C=O) groups excluding carboxylic acids is 2. The molecule has 1 unspecified atom stereocenters. The Labute approximate surface area is 162 Å². The lowest BCUT2D eigenvalue weighted by Crippen LogP contribution is -2.48. The van der Waals surface area contributed by atoms with E-state index in [1.165, 1.54) is 6.20 Å². The van der Waals surface area contributed by atoms with Gasteiger partial charge in [0.25, 0.3) is 11.8 Å². The highest BCUT2D eigenvalue weighted by Crippen LogP contribution is 2.10. The second-order valence-electron chi connectivity index (χ2n) is 6.32. The molecule has 0 aliphatic carbocycles. The third kappa shape index (κ3) is 5.90. The Kier molecular flexibility index (Phi) is 7.67. The quantitative estimate of drug-likeness (QED) is 0.313. The van der Waals surface area contributed by atoms with Crippen LogP contribution in [0.25, 0.3) is 12.2 Å². The van der Waals surface area contributed by atoms with E-state index in [4.69, 9.17) is 14.7 Å². The summed E-state index contributed by atoms with van der Waals surface area (Å²) < 4.78 is 5.33. The van der Waals surface area contributed by atoms with E-state index in [2.05, 4.69) is 10.3 Å². The number of carbonyl (C=O) groups is 2. The van der Waals surface area contributed by atoms with E-state index >= 15 is 0 Å². The summed E-state index contributed by atoms with van der Waals surface area (Å²) in [6, 6.07) is 5.87. The number of allylic oxidation sites excluding steroid dienone is 2. The number of aliphatic hydroxyl groups excluding tert-OH is 1. The van der Waals surface area contributed by atoms with Crippen LogP contribution in [0.5, 0.6) is 0 Å². The molecule has 0 saturated carbocycles. The Hall–Kier alpha value is -3.23. The normalized spacial score (nSPS) is 12.6. The molecule has 28 heavy (non-hydrogen) atoms. The molecule has 0 saturated heterocycles. The van der Waals surface area contributed by atoms with Crippen LogP contribution in [-0.2, 0) is 11.4 Å². The highest BCUT2D eigenvalue weighted by atomic mass is 16.5. The first-order chi connectivity index (χ1) is 13.4. The van der Waals surface area contributed by atoms with Gasteiger partial charge in [0.15, 0.2) is 0 Å². The van der Waals surface area contributed by atoms with Crippen molar-refractivity contribution >= 4 is 24.0 Å². The van der Waals surface area contributed by atoms with Crippen molar-refractivity contribution in [3.8, 4) is 0 Å². The molecule has 0 aromatic carbocycles. The third-order valence-electron chi connectivity index (χ3n) is 3.87. The van der Waals surface area contributed by atoms with Gasteiger partial charge in [-0.3, -0.25) is 19.8 Å². The molecule has 2 aromatic rings. The third-order valence-corrected chi connectivity index (χ3v) is 3.87. The van der Waals surface area contributed by atoms with Gasteiger partial charge < -0.3 is 14.8 Å². The van der Waals surface area contributed by atoms with Crippen molar-refractivity contribution in [2.24, 2.45) is 5.92 Å². The highest BCUT2D eigenvalue weighted by Gasteiger charge is 2.24. The van der Waals surface area contributed by atoms with E-state index in [1.807, 2.05) is 0 Å². The topological polar surface area (TPSA) is 125 Å². The Balaban J connectivity index is 1.96. The first kappa shape index (κ1) is 21.1. The summed E-state index contributed by atoms with van der Waals surface area (Å²) in [5.41, 5.74) is 2.50. The van der Waals surface area contributed by atoms with Crippen LogP contribution in [0.2, 0.25) is 0 Å². The van der Waals surface area contributed by atoms with Crippen LogP contribution in [0.4, 0.5) is 0 Å². The van der Waals surface area contributed by atoms with Gasteiger partial charge in [0, 0.05) is 6.20 Å². The second kappa shape index (κ2) is 10.2. The van der Waals surface area contributed by atoms with Crippen molar-refractivity contribution in [2.45, 2.75) is 26.5 Å². The monoisotopic (exact) mass is 385 g/mol. The molecule has 0 aliphatic rings. The van der Waals surface area contributed by atoms with E-state index < -0.39 is 17.9 Å². The first-order valence-electron chi connectivity index (χ1n) is 8.69. The predicted molar refractivity (Wildman–Crippen MR) is 103 cm³/mol. The Bertz CT molecular complexity index is 853. The van der Waals surface area contributed by atoms with Crippen molar-refractivity contribution in [3.05, 3.63) is 65.4 Å². The summed E-state index contributed by atoms with van der Waals surface area (Å²) in [4.78, 5) is 28.1. The number of hydroxylamine groups is 1. The minimum Gasteiger partial charge on any atom is -0.459 e. The van der Waals surface area contributed by atoms with E-state index in [1.54, 1.807) is 67.9 Å². The molecule has 2 aromatic heterocycles. The standard InChI is InChI=1S/C20H23N3O5/c1-13(2)18(20(26)23-27)22-19(25)14-7-8-15(21-11-14)5-3-4-6-16-9-10-17(12-24)28-16/h3-11,13,18,24,27H,12H2,1-2H3,(H,22,25)(H,23,26)/b5-3+,6-4+. The number of aromatic nitrogens is 1. The Morgan fingerprint density at radius 1 is 1.18 bits per heavy atom. The van der Waals surface area contributed by atoms with Gasteiger partial charge in [-0.15, -0.1) is 0 Å². The number of hydrogen-bond acceptors (Lipinski definition) is 6. The predicted octanol–water partition coefficient (Wildman–Crippen LogP) is 2.15. The van der Waals surface area contributed by atoms with Crippen LogP contribution in [0.15, 0.2) is 47.0 Å². The fourth-order valence-corrected chi connectivity index (χ4v) is 2.34. The van der Waals surface area contributed by atoms with Crippen LogP contribution >= 0.6 is 0 Å². The zero-order valence-electron chi connectivity index (χ0n) is 15.6. The lowest BCUT2D eigenvalue weighted by Gasteiger charge is -2.20. The van der Waals surface area contributed by atoms with Crippen LogP contribution in [0, 0.1) is 5.92 Å². The molecule has 0 aliphatic heterocycles. The summed E-state index contributed by atoms with van der Waals surface area (Å²) in [5.74, 6) is -0.204. The van der Waals surface area contributed by atoms with Crippen LogP contribution in [-0.4, -0.2) is 33.2 Å². The summed E-state index contributed by atoms with van der Waals surface area (Å²) in [6.45, 7) is 3.37.